The minimum atomic E-state index is 0. The van der Waals surface area contributed by atoms with Gasteiger partial charge in [-0.25, -0.2) is 0 Å². The van der Waals surface area contributed by atoms with Crippen LogP contribution in [0, 0.1) is 0 Å². The number of carbonyl (C=O) groups is 1. The summed E-state index contributed by atoms with van der Waals surface area (Å²) in [5.74, 6) is 0.123. The Morgan fingerprint density at radius 2 is 1.82 bits per heavy atom. The standard InChI is InChI=1S/C13H18N2O.ClH/c1-9(2)15(12-7-8-12)13(16)10-3-5-11(14)6-4-10;/h3-6,9,12H,7-8,14H2,1-2H3;1H. The molecule has 0 atom stereocenters. The first-order valence-electron chi connectivity index (χ1n) is 5.78. The molecular weight excluding hydrogens is 236 g/mol. The van der Waals surface area contributed by atoms with E-state index in [0.29, 0.717) is 11.7 Å². The SMILES string of the molecule is CC(C)N(C(=O)c1ccc(N)cc1)C1CC1.Cl. The van der Waals surface area contributed by atoms with Gasteiger partial charge < -0.3 is 10.6 Å². The molecule has 1 aliphatic carbocycles. The van der Waals surface area contributed by atoms with E-state index < -0.39 is 0 Å². The zero-order valence-electron chi connectivity index (χ0n) is 10.2. The van der Waals surface area contributed by atoms with Gasteiger partial charge in [0.25, 0.3) is 5.91 Å². The fraction of sp³-hybridized carbons (Fsp3) is 0.462. The van der Waals surface area contributed by atoms with Gasteiger partial charge in [0.1, 0.15) is 0 Å². The van der Waals surface area contributed by atoms with Gasteiger partial charge in [0, 0.05) is 23.3 Å². The van der Waals surface area contributed by atoms with Crippen LogP contribution in [0.25, 0.3) is 0 Å². The van der Waals surface area contributed by atoms with Crippen LogP contribution in [0.4, 0.5) is 5.69 Å². The number of carbonyl (C=O) groups excluding carboxylic acids is 1. The number of anilines is 1. The highest BCUT2D eigenvalue weighted by Crippen LogP contribution is 2.30. The van der Waals surface area contributed by atoms with Crippen molar-refractivity contribution in [1.82, 2.24) is 4.90 Å². The maximum atomic E-state index is 12.3. The number of amides is 1. The summed E-state index contributed by atoms with van der Waals surface area (Å²) >= 11 is 0. The van der Waals surface area contributed by atoms with E-state index in [4.69, 9.17) is 5.73 Å². The van der Waals surface area contributed by atoms with Crippen LogP contribution in [0.2, 0.25) is 0 Å². The Bertz CT molecular complexity index is 383. The van der Waals surface area contributed by atoms with Crippen LogP contribution < -0.4 is 5.73 Å². The monoisotopic (exact) mass is 254 g/mol. The van der Waals surface area contributed by atoms with Crippen molar-refractivity contribution in [2.75, 3.05) is 5.73 Å². The predicted molar refractivity (Wildman–Crippen MR) is 72.4 cm³/mol. The van der Waals surface area contributed by atoms with E-state index in [1.807, 2.05) is 4.90 Å². The molecule has 94 valence electrons. The highest BCUT2D eigenvalue weighted by molar-refractivity contribution is 5.95. The summed E-state index contributed by atoms with van der Waals surface area (Å²) in [6, 6.07) is 7.87. The largest absolute Gasteiger partial charge is 0.399 e. The van der Waals surface area contributed by atoms with Crippen LogP contribution in [-0.4, -0.2) is 22.9 Å². The van der Waals surface area contributed by atoms with E-state index in [1.54, 1.807) is 24.3 Å². The highest BCUT2D eigenvalue weighted by Gasteiger charge is 2.34. The van der Waals surface area contributed by atoms with Crippen LogP contribution in [0.15, 0.2) is 24.3 Å². The molecule has 3 nitrogen and oxygen atoms in total. The zero-order chi connectivity index (χ0) is 11.7. The lowest BCUT2D eigenvalue weighted by atomic mass is 10.1. The smallest absolute Gasteiger partial charge is 0.254 e. The topological polar surface area (TPSA) is 46.3 Å². The van der Waals surface area contributed by atoms with E-state index in [-0.39, 0.29) is 24.4 Å². The first-order valence-corrected chi connectivity index (χ1v) is 5.78. The predicted octanol–water partition coefficient (Wildman–Crippen LogP) is 2.70. The van der Waals surface area contributed by atoms with Crippen LogP contribution in [0.3, 0.4) is 0 Å². The normalized spacial score (nSPS) is 14.3. The molecular formula is C13H19ClN2O. The van der Waals surface area contributed by atoms with Gasteiger partial charge in [0.2, 0.25) is 0 Å². The Kier molecular flexibility index (Phi) is 4.40. The van der Waals surface area contributed by atoms with Crippen molar-refractivity contribution >= 4 is 24.0 Å². The maximum absolute atomic E-state index is 12.3. The van der Waals surface area contributed by atoms with E-state index in [9.17, 15) is 4.79 Å². The number of hydrogen-bond acceptors (Lipinski definition) is 2. The molecule has 1 fully saturated rings. The first-order chi connectivity index (χ1) is 7.59. The number of benzene rings is 1. The summed E-state index contributed by atoms with van der Waals surface area (Å²) < 4.78 is 0. The van der Waals surface area contributed by atoms with Crippen LogP contribution >= 0.6 is 12.4 Å². The quantitative estimate of drug-likeness (QED) is 0.843. The second kappa shape index (κ2) is 5.41. The lowest BCUT2D eigenvalue weighted by Crippen LogP contribution is -2.38. The average molecular weight is 255 g/mol. The molecule has 0 radical (unpaired) electrons. The van der Waals surface area contributed by atoms with Crippen LogP contribution in [0.5, 0.6) is 0 Å². The van der Waals surface area contributed by atoms with Gasteiger partial charge in [-0.2, -0.15) is 0 Å². The van der Waals surface area contributed by atoms with Crippen molar-refractivity contribution in [2.24, 2.45) is 0 Å². The lowest BCUT2D eigenvalue weighted by molar-refractivity contribution is 0.0690. The summed E-state index contributed by atoms with van der Waals surface area (Å²) in [6.45, 7) is 4.13. The van der Waals surface area contributed by atoms with Crippen molar-refractivity contribution in [3.63, 3.8) is 0 Å². The Morgan fingerprint density at radius 1 is 1.29 bits per heavy atom. The third-order valence-corrected chi connectivity index (χ3v) is 2.89. The molecule has 2 N–H and O–H groups in total. The molecule has 1 aromatic rings. The minimum absolute atomic E-state index is 0. The molecule has 0 heterocycles. The Balaban J connectivity index is 0.00000144. The first kappa shape index (κ1) is 13.8. The molecule has 1 amide bonds. The molecule has 1 aliphatic rings. The van der Waals surface area contributed by atoms with Crippen molar-refractivity contribution < 1.29 is 4.79 Å². The summed E-state index contributed by atoms with van der Waals surface area (Å²) in [5.41, 5.74) is 7.03. The fourth-order valence-corrected chi connectivity index (χ4v) is 1.95. The zero-order valence-corrected chi connectivity index (χ0v) is 11.0. The van der Waals surface area contributed by atoms with Crippen LogP contribution in [-0.2, 0) is 0 Å². The highest BCUT2D eigenvalue weighted by atomic mass is 35.5. The van der Waals surface area contributed by atoms with E-state index in [1.165, 1.54) is 0 Å². The van der Waals surface area contributed by atoms with Gasteiger partial charge in [-0.15, -0.1) is 12.4 Å². The molecule has 17 heavy (non-hydrogen) atoms. The van der Waals surface area contributed by atoms with Crippen molar-refractivity contribution in [3.05, 3.63) is 29.8 Å². The molecule has 0 spiro atoms. The molecule has 0 aliphatic heterocycles. The number of nitrogens with zero attached hydrogens (tertiary/aromatic N) is 1. The Morgan fingerprint density at radius 3 is 2.24 bits per heavy atom. The Hall–Kier alpha value is -1.22. The summed E-state index contributed by atoms with van der Waals surface area (Å²) in [7, 11) is 0. The van der Waals surface area contributed by atoms with Crippen molar-refractivity contribution in [1.29, 1.82) is 0 Å². The lowest BCUT2D eigenvalue weighted by Gasteiger charge is -2.26. The van der Waals surface area contributed by atoms with E-state index >= 15 is 0 Å². The second-order valence-corrected chi connectivity index (χ2v) is 4.66. The van der Waals surface area contributed by atoms with Gasteiger partial charge in [0.05, 0.1) is 0 Å². The van der Waals surface area contributed by atoms with E-state index in [2.05, 4.69) is 13.8 Å². The van der Waals surface area contributed by atoms with Crippen molar-refractivity contribution in [3.8, 4) is 0 Å². The third kappa shape index (κ3) is 3.13. The molecule has 0 saturated heterocycles. The van der Waals surface area contributed by atoms with Gasteiger partial charge in [-0.05, 0) is 51.0 Å². The van der Waals surface area contributed by atoms with Gasteiger partial charge in [0.15, 0.2) is 0 Å². The summed E-state index contributed by atoms with van der Waals surface area (Å²) in [5, 5.41) is 0. The molecule has 1 saturated carbocycles. The summed E-state index contributed by atoms with van der Waals surface area (Å²) in [6.07, 6.45) is 2.28. The molecule has 4 heteroatoms. The maximum Gasteiger partial charge on any atom is 0.254 e. The summed E-state index contributed by atoms with van der Waals surface area (Å²) in [4.78, 5) is 14.2. The number of nitrogens with two attached hydrogens (primary N) is 1. The Labute approximate surface area is 108 Å². The third-order valence-electron chi connectivity index (χ3n) is 2.89. The average Bonchev–Trinajstić information content (AvgIpc) is 3.02. The fourth-order valence-electron chi connectivity index (χ4n) is 1.95. The number of rotatable bonds is 3. The van der Waals surface area contributed by atoms with E-state index in [0.717, 1.165) is 18.4 Å². The van der Waals surface area contributed by atoms with Gasteiger partial charge in [-0.3, -0.25) is 4.79 Å². The second-order valence-electron chi connectivity index (χ2n) is 4.66. The van der Waals surface area contributed by atoms with Gasteiger partial charge in [-0.1, -0.05) is 0 Å². The van der Waals surface area contributed by atoms with Gasteiger partial charge >= 0.3 is 0 Å². The molecule has 0 aromatic heterocycles. The molecule has 1 aromatic carbocycles. The molecule has 0 unspecified atom stereocenters. The van der Waals surface area contributed by atoms with Crippen molar-refractivity contribution in [2.45, 2.75) is 38.8 Å². The van der Waals surface area contributed by atoms with Crippen LogP contribution in [0.1, 0.15) is 37.0 Å². The number of hydrogen-bond donors (Lipinski definition) is 1. The molecule has 0 bridgehead atoms. The number of halogens is 1. The minimum Gasteiger partial charge on any atom is -0.399 e. The molecule has 2 rings (SSSR count). The number of nitrogen functional groups attached to an aromatic ring is 1.